The van der Waals surface area contributed by atoms with E-state index in [9.17, 15) is 9.59 Å². The van der Waals surface area contributed by atoms with Crippen LogP contribution in [-0.2, 0) is 9.53 Å². The van der Waals surface area contributed by atoms with Crippen molar-refractivity contribution in [3.05, 3.63) is 103 Å². The van der Waals surface area contributed by atoms with Gasteiger partial charge in [-0.15, -0.1) is 0 Å². The van der Waals surface area contributed by atoms with Gasteiger partial charge in [0, 0.05) is 10.9 Å². The lowest BCUT2D eigenvalue weighted by Gasteiger charge is -2.26. The molecule has 1 aliphatic heterocycles. The molecule has 0 fully saturated rings. The molecule has 212 valence electrons. The predicted octanol–water partition coefficient (Wildman–Crippen LogP) is 5.39. The van der Waals surface area contributed by atoms with Gasteiger partial charge in [0.15, 0.2) is 4.80 Å². The molecule has 0 unspecified atom stereocenters. The number of rotatable bonds is 9. The second kappa shape index (κ2) is 12.1. The fraction of sp³-hybridized carbons (Fsp3) is 0.303. The Balaban J connectivity index is 1.71. The van der Waals surface area contributed by atoms with Gasteiger partial charge in [-0.2, -0.15) is 0 Å². The highest BCUT2D eigenvalue weighted by atomic mass is 32.1. The minimum atomic E-state index is -0.737. The lowest BCUT2D eigenvalue weighted by atomic mass is 9.95. The molecular formula is C33H34N2O5S. The van der Waals surface area contributed by atoms with Crippen LogP contribution in [0.2, 0.25) is 0 Å². The van der Waals surface area contributed by atoms with Crippen molar-refractivity contribution in [2.24, 2.45) is 10.9 Å². The van der Waals surface area contributed by atoms with Gasteiger partial charge >= 0.3 is 5.97 Å². The average Bonchev–Trinajstić information content (AvgIpc) is 3.26. The first-order chi connectivity index (χ1) is 19.8. The molecule has 0 radical (unpaired) electrons. The number of ether oxygens (including phenoxy) is 3. The number of hydrogen-bond donors (Lipinski definition) is 0. The van der Waals surface area contributed by atoms with Crippen molar-refractivity contribution in [1.82, 2.24) is 4.57 Å². The van der Waals surface area contributed by atoms with Crippen LogP contribution >= 0.6 is 11.3 Å². The highest BCUT2D eigenvalue weighted by molar-refractivity contribution is 7.07. The molecule has 1 aromatic heterocycles. The minimum Gasteiger partial charge on any atom is -0.494 e. The molecule has 1 atom stereocenters. The molecule has 1 aliphatic rings. The Bertz CT molecular complexity index is 1820. The summed E-state index contributed by atoms with van der Waals surface area (Å²) in [6.07, 6.45) is 1.90. The number of benzene rings is 3. The van der Waals surface area contributed by atoms with Gasteiger partial charge in [-0.1, -0.05) is 73.7 Å². The van der Waals surface area contributed by atoms with Crippen LogP contribution < -0.4 is 24.4 Å². The number of esters is 1. The summed E-state index contributed by atoms with van der Waals surface area (Å²) in [6, 6.07) is 18.7. The third kappa shape index (κ3) is 5.57. The molecule has 4 aromatic rings. The summed E-state index contributed by atoms with van der Waals surface area (Å²) in [5, 5.41) is 1.97. The Morgan fingerprint density at radius 2 is 1.71 bits per heavy atom. The van der Waals surface area contributed by atoms with Crippen molar-refractivity contribution in [1.29, 1.82) is 0 Å². The van der Waals surface area contributed by atoms with Crippen molar-refractivity contribution < 1.29 is 19.0 Å². The number of carbonyl (C=O) groups is 1. The van der Waals surface area contributed by atoms with Crippen molar-refractivity contribution in [3.63, 3.8) is 0 Å². The molecule has 0 N–H and O–H groups in total. The van der Waals surface area contributed by atoms with E-state index in [0.29, 0.717) is 51.0 Å². The normalized spacial score (nSPS) is 15.2. The van der Waals surface area contributed by atoms with E-state index in [4.69, 9.17) is 19.2 Å². The van der Waals surface area contributed by atoms with Gasteiger partial charge in [-0.3, -0.25) is 9.36 Å². The number of hydrogen-bond acceptors (Lipinski definition) is 7. The first-order valence-electron chi connectivity index (χ1n) is 13.9. The summed E-state index contributed by atoms with van der Waals surface area (Å²) in [6.45, 7) is 10.9. The van der Waals surface area contributed by atoms with Crippen LogP contribution in [0, 0.1) is 5.92 Å². The van der Waals surface area contributed by atoms with Crippen LogP contribution in [0.1, 0.15) is 51.8 Å². The summed E-state index contributed by atoms with van der Waals surface area (Å²) in [7, 11) is 0. The number of aromatic nitrogens is 1. The van der Waals surface area contributed by atoms with Gasteiger partial charge in [-0.05, 0) is 55.8 Å². The average molecular weight is 571 g/mol. The van der Waals surface area contributed by atoms with Crippen molar-refractivity contribution >= 4 is 34.2 Å². The number of allylic oxidation sites excluding steroid dienone is 1. The zero-order chi connectivity index (χ0) is 29.1. The van der Waals surface area contributed by atoms with E-state index in [1.54, 1.807) is 18.4 Å². The molecule has 0 aliphatic carbocycles. The van der Waals surface area contributed by atoms with Crippen LogP contribution in [0.15, 0.2) is 81.7 Å². The maximum absolute atomic E-state index is 14.1. The Labute approximate surface area is 243 Å². The van der Waals surface area contributed by atoms with E-state index in [1.807, 2.05) is 73.7 Å². The number of fused-ring (bicyclic) bond motifs is 2. The second-order valence-corrected chi connectivity index (χ2v) is 11.2. The Kier molecular flexibility index (Phi) is 8.40. The van der Waals surface area contributed by atoms with Gasteiger partial charge in [0.2, 0.25) is 0 Å². The topological polar surface area (TPSA) is 79.1 Å². The van der Waals surface area contributed by atoms with Gasteiger partial charge in [-0.25, -0.2) is 9.79 Å². The zero-order valence-electron chi connectivity index (χ0n) is 24.0. The third-order valence-corrected chi connectivity index (χ3v) is 7.79. The molecule has 0 amide bonds. The smallest absolute Gasteiger partial charge is 0.338 e. The Hall–Kier alpha value is -4.17. The summed E-state index contributed by atoms with van der Waals surface area (Å²) in [5.74, 6) is 1.32. The number of thiazole rings is 1. The van der Waals surface area contributed by atoms with Crippen LogP contribution in [0.3, 0.4) is 0 Å². The molecule has 3 aromatic carbocycles. The van der Waals surface area contributed by atoms with E-state index in [2.05, 4.69) is 13.8 Å². The summed E-state index contributed by atoms with van der Waals surface area (Å²) in [4.78, 5) is 32.6. The quantitative estimate of drug-likeness (QED) is 0.252. The highest BCUT2D eigenvalue weighted by Gasteiger charge is 2.35. The standard InChI is InChI=1S/C33H34N2O5S/c1-6-38-26-15-11-10-14-25(26)30-29(32(37)39-7-2)21(5)34-33-35(30)31(36)28(41-33)18-22-16-17-27(40-19-20(3)4)24-13-9-8-12-23(22)24/h8-18,20,30H,6-7,19H2,1-5H3/b28-18-/t30-/m0/s1. The molecule has 5 rings (SSSR count). The lowest BCUT2D eigenvalue weighted by Crippen LogP contribution is -2.40. The van der Waals surface area contributed by atoms with Crippen molar-refractivity contribution in [3.8, 4) is 11.5 Å². The molecule has 0 bridgehead atoms. The fourth-order valence-electron chi connectivity index (χ4n) is 5.02. The van der Waals surface area contributed by atoms with Crippen LogP contribution in [0.25, 0.3) is 16.8 Å². The summed E-state index contributed by atoms with van der Waals surface area (Å²) < 4.78 is 19.5. The second-order valence-electron chi connectivity index (χ2n) is 10.2. The molecule has 0 saturated carbocycles. The highest BCUT2D eigenvalue weighted by Crippen LogP contribution is 2.36. The maximum atomic E-state index is 14.1. The number of carbonyl (C=O) groups excluding carboxylic acids is 1. The first-order valence-corrected chi connectivity index (χ1v) is 14.7. The lowest BCUT2D eigenvalue weighted by molar-refractivity contribution is -0.139. The maximum Gasteiger partial charge on any atom is 0.338 e. The minimum absolute atomic E-state index is 0.212. The van der Waals surface area contributed by atoms with E-state index in [0.717, 1.165) is 22.1 Å². The number of nitrogens with zero attached hydrogens (tertiary/aromatic N) is 2. The predicted molar refractivity (Wildman–Crippen MR) is 162 cm³/mol. The van der Waals surface area contributed by atoms with Crippen LogP contribution in [-0.4, -0.2) is 30.4 Å². The zero-order valence-corrected chi connectivity index (χ0v) is 24.8. The largest absolute Gasteiger partial charge is 0.494 e. The molecule has 0 spiro atoms. The molecule has 8 heteroatoms. The molecular weight excluding hydrogens is 536 g/mol. The van der Waals surface area contributed by atoms with E-state index in [1.165, 1.54) is 11.3 Å². The van der Waals surface area contributed by atoms with Crippen LogP contribution in [0.5, 0.6) is 11.5 Å². The van der Waals surface area contributed by atoms with Crippen LogP contribution in [0.4, 0.5) is 0 Å². The molecule has 0 saturated heterocycles. The van der Waals surface area contributed by atoms with Gasteiger partial charge in [0.25, 0.3) is 5.56 Å². The molecule has 7 nitrogen and oxygen atoms in total. The SMILES string of the molecule is CCOC(=O)C1=C(C)N=c2s/c(=C\c3ccc(OCC(C)C)c4ccccc34)c(=O)n2[C@H]1c1ccccc1OCC. The van der Waals surface area contributed by atoms with Crippen molar-refractivity contribution in [2.45, 2.75) is 40.7 Å². The summed E-state index contributed by atoms with van der Waals surface area (Å²) in [5.41, 5.74) is 2.22. The van der Waals surface area contributed by atoms with Gasteiger partial charge in [0.05, 0.1) is 35.6 Å². The monoisotopic (exact) mass is 570 g/mol. The van der Waals surface area contributed by atoms with Gasteiger partial charge in [0.1, 0.15) is 17.5 Å². The Morgan fingerprint density at radius 3 is 2.44 bits per heavy atom. The van der Waals surface area contributed by atoms with E-state index < -0.39 is 12.0 Å². The fourth-order valence-corrected chi connectivity index (χ4v) is 6.06. The summed E-state index contributed by atoms with van der Waals surface area (Å²) >= 11 is 1.30. The van der Waals surface area contributed by atoms with Crippen molar-refractivity contribution in [2.75, 3.05) is 19.8 Å². The van der Waals surface area contributed by atoms with Gasteiger partial charge < -0.3 is 14.2 Å². The first kappa shape index (κ1) is 28.4. The Morgan fingerprint density at radius 1 is 0.976 bits per heavy atom. The van der Waals surface area contributed by atoms with E-state index in [-0.39, 0.29) is 12.2 Å². The third-order valence-electron chi connectivity index (χ3n) is 6.81. The number of para-hydroxylation sites is 1. The molecule has 41 heavy (non-hydrogen) atoms. The van der Waals surface area contributed by atoms with E-state index >= 15 is 0 Å². The molecule has 2 heterocycles.